The molecule has 6 aliphatic heterocycles. The van der Waals surface area contributed by atoms with Crippen LogP contribution in [0.15, 0.2) is 53.3 Å². The molecule has 10 rings (SSSR count). The summed E-state index contributed by atoms with van der Waals surface area (Å²) >= 11 is 6.50. The number of rotatable bonds is 6. The minimum absolute atomic E-state index is 0.199. The molecule has 1 spiro atoms. The molecule has 6 aliphatic rings. The number of piperidine rings is 3. The van der Waals surface area contributed by atoms with Gasteiger partial charge < -0.3 is 19.4 Å². The molecular weight excluding hydrogens is 756 g/mol. The largest absolute Gasteiger partial charge is 0.492 e. The fourth-order valence-electron chi connectivity index (χ4n) is 10.7. The maximum absolute atomic E-state index is 13.4. The lowest BCUT2D eigenvalue weighted by Gasteiger charge is -2.38. The molecule has 0 saturated carbocycles. The first kappa shape index (κ1) is 37.2. The van der Waals surface area contributed by atoms with Gasteiger partial charge in [0.25, 0.3) is 11.5 Å². The first-order valence-electron chi connectivity index (χ1n) is 20.7. The molecule has 58 heavy (non-hydrogen) atoms. The van der Waals surface area contributed by atoms with Crippen molar-refractivity contribution in [1.82, 2.24) is 29.6 Å². The lowest BCUT2D eigenvalue weighted by atomic mass is 9.74. The molecule has 13 heteroatoms. The van der Waals surface area contributed by atoms with Gasteiger partial charge in [-0.1, -0.05) is 35.9 Å². The molecule has 0 aliphatic carbocycles. The molecule has 0 bridgehead atoms. The van der Waals surface area contributed by atoms with Crippen molar-refractivity contribution in [3.8, 4) is 11.4 Å². The fraction of sp³-hybridized carbons (Fsp3) is 0.467. The second-order valence-electron chi connectivity index (χ2n) is 17.6. The van der Waals surface area contributed by atoms with E-state index >= 15 is 0 Å². The Hall–Kier alpha value is -5.07. The maximum Gasteiger partial charge on any atom is 0.282 e. The number of likely N-dealkylation sites (tertiary alicyclic amines) is 2. The number of carbonyl (C=O) groups is 4. The molecule has 0 unspecified atom stereocenters. The number of carbonyl (C=O) groups excluding carboxylic acids is 4. The highest BCUT2D eigenvalue weighted by molar-refractivity contribution is 6.35. The van der Waals surface area contributed by atoms with Gasteiger partial charge in [-0.2, -0.15) is 4.98 Å². The van der Waals surface area contributed by atoms with Crippen LogP contribution in [-0.2, 0) is 31.8 Å². The van der Waals surface area contributed by atoms with Crippen LogP contribution >= 0.6 is 11.6 Å². The molecule has 3 fully saturated rings. The number of benzene rings is 3. The van der Waals surface area contributed by atoms with E-state index in [0.717, 1.165) is 91.2 Å². The molecule has 3 saturated heterocycles. The van der Waals surface area contributed by atoms with Crippen molar-refractivity contribution >= 4 is 46.1 Å². The average Bonchev–Trinajstić information content (AvgIpc) is 3.82. The number of amides is 4. The Morgan fingerprint density at radius 2 is 1.74 bits per heavy atom. The third kappa shape index (κ3) is 5.80. The summed E-state index contributed by atoms with van der Waals surface area (Å²) in [5.74, 6) is 1.20. The number of nitrogens with one attached hydrogen (secondary N) is 1. The van der Waals surface area contributed by atoms with Crippen molar-refractivity contribution in [2.24, 2.45) is 0 Å². The van der Waals surface area contributed by atoms with E-state index in [-0.39, 0.29) is 35.1 Å². The van der Waals surface area contributed by atoms with Crippen molar-refractivity contribution in [1.29, 1.82) is 0 Å². The van der Waals surface area contributed by atoms with Crippen LogP contribution in [0.5, 0.6) is 5.75 Å². The molecule has 4 amide bonds. The average molecular weight is 803 g/mol. The number of nitrogens with zero attached hydrogens (tertiary/aromatic N) is 5. The van der Waals surface area contributed by atoms with Crippen LogP contribution < -0.4 is 15.6 Å². The lowest BCUT2D eigenvalue weighted by Crippen LogP contribution is -2.52. The molecule has 300 valence electrons. The monoisotopic (exact) mass is 802 g/mol. The minimum Gasteiger partial charge on any atom is -0.492 e. The number of fused-ring (bicyclic) bond motifs is 9. The summed E-state index contributed by atoms with van der Waals surface area (Å²) < 4.78 is 8.46. The molecular formula is C45H47ClN6O6. The Labute approximate surface area is 341 Å². The molecule has 0 radical (unpaired) electrons. The summed E-state index contributed by atoms with van der Waals surface area (Å²) in [6.45, 7) is 9.26. The van der Waals surface area contributed by atoms with Crippen LogP contribution in [0, 0.1) is 0 Å². The van der Waals surface area contributed by atoms with Gasteiger partial charge in [0.2, 0.25) is 17.7 Å². The zero-order chi connectivity index (χ0) is 40.1. The number of halogens is 1. The van der Waals surface area contributed by atoms with E-state index in [0.29, 0.717) is 61.0 Å². The van der Waals surface area contributed by atoms with Crippen LogP contribution in [-0.4, -0.2) is 93.3 Å². The highest BCUT2D eigenvalue weighted by Crippen LogP contribution is 2.50. The van der Waals surface area contributed by atoms with E-state index in [1.807, 2.05) is 29.2 Å². The van der Waals surface area contributed by atoms with Gasteiger partial charge in [0.1, 0.15) is 17.6 Å². The molecule has 1 atom stereocenters. The molecule has 1 N–H and O–H groups in total. The van der Waals surface area contributed by atoms with E-state index in [2.05, 4.69) is 51.8 Å². The molecule has 3 aromatic carbocycles. The quantitative estimate of drug-likeness (QED) is 0.258. The lowest BCUT2D eigenvalue weighted by molar-refractivity contribution is -0.137. The normalized spacial score (nSPS) is 22.2. The van der Waals surface area contributed by atoms with Crippen molar-refractivity contribution in [2.75, 3.05) is 39.3 Å². The smallest absolute Gasteiger partial charge is 0.282 e. The van der Waals surface area contributed by atoms with Crippen LogP contribution in [0.25, 0.3) is 16.6 Å². The van der Waals surface area contributed by atoms with Gasteiger partial charge in [-0.25, -0.2) is 0 Å². The molecule has 7 heterocycles. The van der Waals surface area contributed by atoms with Crippen LogP contribution in [0.3, 0.4) is 0 Å². The van der Waals surface area contributed by atoms with E-state index in [1.165, 1.54) is 5.56 Å². The molecule has 1 aromatic heterocycles. The standard InChI is InChI=1S/C45H47ClN6O6/c1-44(2)30-10-8-27(23-35(30)52-33-6-3-5-32(46)38(33)41(56)48-43(44)52)26-14-19-49(20-15-26)18-4-7-37(54)50-21-16-45(17-22-50)25-58-39-29-24-51(34-12-13-36(53)47-40(34)55)42(57)28(29)9-11-31(39)45/h3,5-6,8-11,23,26,34H,4,7,12-22,24-25H2,1-2H3,(H,47,53,55)/t34-/m0/s1. The van der Waals surface area contributed by atoms with E-state index in [1.54, 1.807) is 11.0 Å². The van der Waals surface area contributed by atoms with Crippen molar-refractivity contribution < 1.29 is 23.9 Å². The molecule has 12 nitrogen and oxygen atoms in total. The number of hydrogen-bond donors (Lipinski definition) is 1. The van der Waals surface area contributed by atoms with Gasteiger partial charge in [0.15, 0.2) is 0 Å². The second-order valence-corrected chi connectivity index (χ2v) is 18.1. The number of imide groups is 1. The van der Waals surface area contributed by atoms with Crippen LogP contribution in [0.1, 0.15) is 110 Å². The topological polar surface area (TPSA) is 134 Å². The van der Waals surface area contributed by atoms with Gasteiger partial charge in [0.05, 0.1) is 40.2 Å². The van der Waals surface area contributed by atoms with Gasteiger partial charge in [-0.15, -0.1) is 0 Å². The van der Waals surface area contributed by atoms with Gasteiger partial charge in [0, 0.05) is 48.0 Å². The highest BCUT2D eigenvalue weighted by atomic mass is 35.5. The summed E-state index contributed by atoms with van der Waals surface area (Å²) in [6, 6.07) is 15.6. The maximum atomic E-state index is 13.4. The number of aromatic nitrogens is 2. The fourth-order valence-corrected chi connectivity index (χ4v) is 11.0. The SMILES string of the molecule is CC1(C)c2ccc(C3CCN(CCCC(=O)N4CCC5(CC4)COc4c5ccc5c4CN([C@H]4CCC(=O)NC4=O)C5=O)CC3)cc2-n2c1nc(=O)c1c(Cl)cccc12. The van der Waals surface area contributed by atoms with Gasteiger partial charge >= 0.3 is 0 Å². The second kappa shape index (κ2) is 13.8. The Kier molecular flexibility index (Phi) is 8.83. The Balaban J connectivity index is 0.729. The first-order chi connectivity index (χ1) is 27.9. The third-order valence-electron chi connectivity index (χ3n) is 14.1. The zero-order valence-electron chi connectivity index (χ0n) is 32.9. The Morgan fingerprint density at radius 3 is 2.52 bits per heavy atom. The summed E-state index contributed by atoms with van der Waals surface area (Å²) in [7, 11) is 0. The number of ether oxygens (including phenoxy) is 1. The minimum atomic E-state index is -0.663. The van der Waals surface area contributed by atoms with Crippen molar-refractivity contribution in [3.05, 3.63) is 97.5 Å². The van der Waals surface area contributed by atoms with Crippen molar-refractivity contribution in [3.63, 3.8) is 0 Å². The van der Waals surface area contributed by atoms with E-state index < -0.39 is 17.4 Å². The summed E-state index contributed by atoms with van der Waals surface area (Å²) in [6.07, 6.45) is 5.58. The first-order valence-corrected chi connectivity index (χ1v) is 21.1. The Bertz CT molecular complexity index is 2500. The Morgan fingerprint density at radius 1 is 0.966 bits per heavy atom. The molecule has 4 aromatic rings. The zero-order valence-corrected chi connectivity index (χ0v) is 33.7. The van der Waals surface area contributed by atoms with E-state index in [4.69, 9.17) is 16.3 Å². The predicted octanol–water partition coefficient (Wildman–Crippen LogP) is 5.35. The summed E-state index contributed by atoms with van der Waals surface area (Å²) in [5, 5.41) is 3.25. The van der Waals surface area contributed by atoms with Crippen LogP contribution in [0.2, 0.25) is 5.02 Å². The summed E-state index contributed by atoms with van der Waals surface area (Å²) in [5.41, 5.74) is 5.91. The van der Waals surface area contributed by atoms with Gasteiger partial charge in [-0.05, 0) is 113 Å². The summed E-state index contributed by atoms with van der Waals surface area (Å²) in [4.78, 5) is 74.7. The third-order valence-corrected chi connectivity index (χ3v) is 14.4. The van der Waals surface area contributed by atoms with Crippen molar-refractivity contribution in [2.45, 2.75) is 94.5 Å². The van der Waals surface area contributed by atoms with Gasteiger partial charge in [-0.3, -0.25) is 33.9 Å². The number of hydrogen-bond acceptors (Lipinski definition) is 8. The van der Waals surface area contributed by atoms with Crippen LogP contribution in [0.4, 0.5) is 0 Å². The highest BCUT2D eigenvalue weighted by Gasteiger charge is 2.48. The van der Waals surface area contributed by atoms with E-state index in [9.17, 15) is 24.0 Å². The predicted molar refractivity (Wildman–Crippen MR) is 218 cm³/mol.